The van der Waals surface area contributed by atoms with Gasteiger partial charge in [-0.1, -0.05) is 29.8 Å². The van der Waals surface area contributed by atoms with Crippen LogP contribution < -0.4 is 4.31 Å². The summed E-state index contributed by atoms with van der Waals surface area (Å²) in [7, 11) is 0. The van der Waals surface area contributed by atoms with E-state index in [1.54, 1.807) is 12.1 Å². The number of nitrogens with zero attached hydrogens (tertiary/aromatic N) is 2. The van der Waals surface area contributed by atoms with E-state index in [9.17, 15) is 4.79 Å². The molecule has 1 amide bonds. The van der Waals surface area contributed by atoms with Crippen molar-refractivity contribution in [3.8, 4) is 0 Å². The third kappa shape index (κ3) is 4.04. The quantitative estimate of drug-likeness (QED) is 0.268. The van der Waals surface area contributed by atoms with Gasteiger partial charge in [0.15, 0.2) is 4.50 Å². The molecule has 0 aliphatic carbocycles. The summed E-state index contributed by atoms with van der Waals surface area (Å²) in [5.74, 6) is 0. The van der Waals surface area contributed by atoms with Crippen molar-refractivity contribution in [2.24, 2.45) is 4.99 Å². The normalized spacial score (nSPS) is 11.3. The van der Waals surface area contributed by atoms with Crippen LogP contribution in [-0.4, -0.2) is 16.4 Å². The van der Waals surface area contributed by atoms with Gasteiger partial charge < -0.3 is 0 Å². The highest BCUT2D eigenvalue weighted by Crippen LogP contribution is 2.26. The van der Waals surface area contributed by atoms with Crippen LogP contribution in [0.2, 0.25) is 0 Å². The average Bonchev–Trinajstić information content (AvgIpc) is 2.27. The summed E-state index contributed by atoms with van der Waals surface area (Å²) in [6, 6.07) is 9.01. The van der Waals surface area contributed by atoms with Crippen LogP contribution in [0.4, 0.5) is 10.5 Å². The summed E-state index contributed by atoms with van der Waals surface area (Å²) in [5.41, 5.74) is 0.664. The second kappa shape index (κ2) is 6.78. The highest BCUT2D eigenvalue weighted by molar-refractivity contribution is 8.18. The van der Waals surface area contributed by atoms with E-state index in [2.05, 4.69) is 4.99 Å². The zero-order valence-electron chi connectivity index (χ0n) is 8.56. The molecule has 0 saturated carbocycles. The number of carbonyl (C=O) groups is 1. The van der Waals surface area contributed by atoms with Crippen molar-refractivity contribution >= 4 is 50.7 Å². The van der Waals surface area contributed by atoms with Crippen LogP contribution >= 0.6 is 35.1 Å². The Morgan fingerprint density at radius 1 is 1.38 bits per heavy atom. The Labute approximate surface area is 109 Å². The van der Waals surface area contributed by atoms with Crippen molar-refractivity contribution in [2.75, 3.05) is 10.8 Å². The second-order valence-corrected chi connectivity index (χ2v) is 4.54. The third-order valence-corrected chi connectivity index (χ3v) is 3.03. The monoisotopic (exact) mass is 276 g/mol. The molecule has 1 rings (SSSR count). The van der Waals surface area contributed by atoms with Gasteiger partial charge in [-0.05, 0) is 30.7 Å². The van der Waals surface area contributed by atoms with Gasteiger partial charge >= 0.3 is 5.37 Å². The molecule has 6 heteroatoms. The van der Waals surface area contributed by atoms with E-state index < -0.39 is 5.37 Å². The topological polar surface area (TPSA) is 32.7 Å². The van der Waals surface area contributed by atoms with Crippen LogP contribution in [0.5, 0.6) is 0 Å². The molecule has 1 aromatic rings. The molecule has 0 heterocycles. The van der Waals surface area contributed by atoms with Gasteiger partial charge in [-0.2, -0.15) is 0 Å². The Kier molecular flexibility index (Phi) is 5.66. The Hall–Kier alpha value is -0.710. The van der Waals surface area contributed by atoms with E-state index in [-0.39, 0.29) is 4.50 Å². The Bertz CT molecular complexity index is 384. The molecule has 0 spiro atoms. The highest BCUT2D eigenvalue weighted by Gasteiger charge is 2.16. The zero-order chi connectivity index (χ0) is 12.0. The molecule has 0 saturated heterocycles. The number of amides is 1. The fourth-order valence-electron chi connectivity index (χ4n) is 0.982. The van der Waals surface area contributed by atoms with Crippen molar-refractivity contribution in [3.05, 3.63) is 30.3 Å². The smallest absolute Gasteiger partial charge is 0.266 e. The number of aliphatic imine (C=N–C) groups is 1. The lowest BCUT2D eigenvalue weighted by molar-refractivity contribution is 0.267. The van der Waals surface area contributed by atoms with Crippen molar-refractivity contribution in [1.29, 1.82) is 0 Å². The Morgan fingerprint density at radius 2 is 2.00 bits per heavy atom. The van der Waals surface area contributed by atoms with Gasteiger partial charge in [0.25, 0.3) is 0 Å². The number of rotatable bonds is 2. The van der Waals surface area contributed by atoms with E-state index in [4.69, 9.17) is 23.2 Å². The number of hydrogen-bond donors (Lipinski definition) is 0. The molecule has 0 aromatic heterocycles. The van der Waals surface area contributed by atoms with Crippen molar-refractivity contribution in [1.82, 2.24) is 0 Å². The highest BCUT2D eigenvalue weighted by atomic mass is 35.5. The lowest BCUT2D eigenvalue weighted by Gasteiger charge is -2.16. The van der Waals surface area contributed by atoms with Gasteiger partial charge in [-0.25, -0.2) is 4.31 Å². The Balaban J connectivity index is 2.85. The molecule has 0 N–H and O–H groups in total. The number of halogens is 2. The van der Waals surface area contributed by atoms with E-state index in [1.807, 2.05) is 25.1 Å². The standard InChI is InChI=1S/C10H10Cl2N2OS/c1-2-13-9(11)16-14(10(12)15)8-6-4-3-5-7-8/h3-7H,2H2,1H3. The average molecular weight is 277 g/mol. The molecular formula is C10H10Cl2N2OS. The molecule has 16 heavy (non-hydrogen) atoms. The van der Waals surface area contributed by atoms with E-state index in [0.29, 0.717) is 12.2 Å². The first kappa shape index (κ1) is 13.4. The maximum absolute atomic E-state index is 11.2. The van der Waals surface area contributed by atoms with Gasteiger partial charge in [-0.15, -0.1) is 0 Å². The van der Waals surface area contributed by atoms with Crippen LogP contribution in [0.25, 0.3) is 0 Å². The molecule has 1 aromatic carbocycles. The van der Waals surface area contributed by atoms with Crippen molar-refractivity contribution < 1.29 is 4.79 Å². The van der Waals surface area contributed by atoms with Crippen LogP contribution in [-0.2, 0) is 0 Å². The summed E-state index contributed by atoms with van der Waals surface area (Å²) in [4.78, 5) is 15.2. The Morgan fingerprint density at radius 3 is 2.50 bits per heavy atom. The first-order valence-electron chi connectivity index (χ1n) is 4.57. The number of anilines is 1. The summed E-state index contributed by atoms with van der Waals surface area (Å²) >= 11 is 12.3. The van der Waals surface area contributed by atoms with E-state index in [0.717, 1.165) is 11.9 Å². The fraction of sp³-hybridized carbons (Fsp3) is 0.200. The minimum absolute atomic E-state index is 0.278. The van der Waals surface area contributed by atoms with Crippen molar-refractivity contribution in [3.63, 3.8) is 0 Å². The van der Waals surface area contributed by atoms with Gasteiger partial charge in [0.1, 0.15) is 0 Å². The number of para-hydroxylation sites is 1. The molecule has 0 aliphatic rings. The van der Waals surface area contributed by atoms with Gasteiger partial charge in [0, 0.05) is 18.5 Å². The van der Waals surface area contributed by atoms with E-state index >= 15 is 0 Å². The SMILES string of the molecule is CCN=C(Cl)SN(C(=O)Cl)c1ccccc1. The molecule has 0 fully saturated rings. The largest absolute Gasteiger partial charge is 0.331 e. The summed E-state index contributed by atoms with van der Waals surface area (Å²) in [5, 5.41) is -0.611. The number of hydrogen-bond acceptors (Lipinski definition) is 3. The first-order valence-corrected chi connectivity index (χ1v) is 6.10. The molecule has 0 unspecified atom stereocenters. The van der Waals surface area contributed by atoms with Crippen LogP contribution in [0.3, 0.4) is 0 Å². The van der Waals surface area contributed by atoms with Crippen LogP contribution in [0.15, 0.2) is 35.3 Å². The minimum atomic E-state index is -0.611. The van der Waals surface area contributed by atoms with E-state index in [1.165, 1.54) is 4.31 Å². The third-order valence-electron chi connectivity index (χ3n) is 1.60. The molecule has 3 nitrogen and oxygen atoms in total. The molecule has 0 atom stereocenters. The predicted molar refractivity (Wildman–Crippen MR) is 71.6 cm³/mol. The maximum Gasteiger partial charge on any atom is 0.331 e. The van der Waals surface area contributed by atoms with Crippen LogP contribution in [0, 0.1) is 0 Å². The zero-order valence-corrected chi connectivity index (χ0v) is 10.9. The minimum Gasteiger partial charge on any atom is -0.266 e. The molecule has 86 valence electrons. The summed E-state index contributed by atoms with van der Waals surface area (Å²) in [6.07, 6.45) is 0. The number of carbonyl (C=O) groups excluding carboxylic acids is 1. The fourth-order valence-corrected chi connectivity index (χ4v) is 2.15. The molecule has 0 aliphatic heterocycles. The predicted octanol–water partition coefficient (Wildman–Crippen LogP) is 4.11. The first-order chi connectivity index (χ1) is 7.65. The maximum atomic E-state index is 11.2. The molecular weight excluding hydrogens is 267 g/mol. The van der Waals surface area contributed by atoms with Gasteiger partial charge in [0.05, 0.1) is 5.69 Å². The van der Waals surface area contributed by atoms with Gasteiger partial charge in [0.2, 0.25) is 0 Å². The molecule has 0 bridgehead atoms. The lowest BCUT2D eigenvalue weighted by atomic mass is 10.3. The summed E-state index contributed by atoms with van der Waals surface area (Å²) in [6.45, 7) is 2.42. The number of benzene rings is 1. The van der Waals surface area contributed by atoms with Gasteiger partial charge in [-0.3, -0.25) is 9.79 Å². The lowest BCUT2D eigenvalue weighted by Crippen LogP contribution is -2.18. The second-order valence-electron chi connectivity index (χ2n) is 2.70. The molecule has 0 radical (unpaired) electrons. The summed E-state index contributed by atoms with van der Waals surface area (Å²) < 4.78 is 1.56. The van der Waals surface area contributed by atoms with Crippen molar-refractivity contribution in [2.45, 2.75) is 6.92 Å². The van der Waals surface area contributed by atoms with Crippen LogP contribution in [0.1, 0.15) is 6.92 Å².